The summed E-state index contributed by atoms with van der Waals surface area (Å²) in [6, 6.07) is 91.7. The molecule has 3 unspecified atom stereocenters. The molecule has 72 heavy (non-hydrogen) atoms. The van der Waals surface area contributed by atoms with Crippen LogP contribution in [0.1, 0.15) is 102 Å². The molecule has 0 bridgehead atoms. The van der Waals surface area contributed by atoms with Gasteiger partial charge in [0.25, 0.3) is 0 Å². The average molecular weight is 925 g/mol. The van der Waals surface area contributed by atoms with E-state index >= 15 is 0 Å². The lowest BCUT2D eigenvalue weighted by Crippen LogP contribution is -2.14. The third-order valence-electron chi connectivity index (χ3n) is 15.8. The highest BCUT2D eigenvalue weighted by atomic mass is 14.3. The highest BCUT2D eigenvalue weighted by molar-refractivity contribution is 5.86. The molecule has 2 aliphatic carbocycles. The molecule has 0 amide bonds. The van der Waals surface area contributed by atoms with Crippen molar-refractivity contribution in [3.63, 3.8) is 0 Å². The minimum absolute atomic E-state index is 0.218. The van der Waals surface area contributed by atoms with E-state index in [0.29, 0.717) is 11.8 Å². The van der Waals surface area contributed by atoms with Crippen molar-refractivity contribution in [2.45, 2.75) is 63.7 Å². The molecule has 0 saturated carbocycles. The van der Waals surface area contributed by atoms with E-state index in [1.54, 1.807) is 0 Å². The summed E-state index contributed by atoms with van der Waals surface area (Å²) in [4.78, 5) is 0. The molecule has 0 spiro atoms. The first-order chi connectivity index (χ1) is 35.5. The van der Waals surface area contributed by atoms with Gasteiger partial charge < -0.3 is 0 Å². The zero-order valence-corrected chi connectivity index (χ0v) is 41.4. The van der Waals surface area contributed by atoms with E-state index in [1.807, 2.05) is 0 Å². The predicted octanol–water partition coefficient (Wildman–Crippen LogP) is 18.2. The smallest absolute Gasteiger partial charge is 0.0136 e. The van der Waals surface area contributed by atoms with Gasteiger partial charge in [0.2, 0.25) is 0 Å². The van der Waals surface area contributed by atoms with E-state index in [2.05, 4.69) is 263 Å². The maximum atomic E-state index is 2.51. The molecule has 2 aliphatic rings. The Labute approximate surface area is 427 Å². The van der Waals surface area contributed by atoms with Crippen LogP contribution in [-0.4, -0.2) is 0 Å². The quantitative estimate of drug-likeness (QED) is 0.113. The Hall–Kier alpha value is -8.06. The molecule has 0 heterocycles. The van der Waals surface area contributed by atoms with E-state index in [1.165, 1.54) is 117 Å². The monoisotopic (exact) mass is 924 g/mol. The average Bonchev–Trinajstić information content (AvgIpc) is 3.60. The predicted molar refractivity (Wildman–Crippen MR) is 304 cm³/mol. The van der Waals surface area contributed by atoms with E-state index in [-0.39, 0.29) is 5.92 Å². The Balaban J connectivity index is 0.822. The maximum Gasteiger partial charge on any atom is 0.0136 e. The lowest BCUT2D eigenvalue weighted by Gasteiger charge is -2.30. The Morgan fingerprint density at radius 2 is 0.986 bits per heavy atom. The number of rotatable bonds is 11. The van der Waals surface area contributed by atoms with Gasteiger partial charge in [-0.05, 0) is 158 Å². The molecule has 12 rings (SSSR count). The number of fused-ring (bicyclic) bond motifs is 6. The van der Waals surface area contributed by atoms with Crippen molar-refractivity contribution in [3.8, 4) is 33.4 Å². The van der Waals surface area contributed by atoms with Gasteiger partial charge in [0, 0.05) is 17.8 Å². The summed E-state index contributed by atoms with van der Waals surface area (Å²) in [5.74, 6) is 0.905. The fraction of sp³-hybridized carbons (Fsp3) is 0.139. The molecule has 10 aromatic rings. The van der Waals surface area contributed by atoms with Crippen LogP contribution in [0.15, 0.2) is 243 Å². The number of hydrogen-bond donors (Lipinski definition) is 0. The fourth-order valence-corrected chi connectivity index (χ4v) is 11.8. The van der Waals surface area contributed by atoms with Crippen molar-refractivity contribution in [2.24, 2.45) is 0 Å². The van der Waals surface area contributed by atoms with Gasteiger partial charge in [-0.3, -0.25) is 0 Å². The summed E-state index contributed by atoms with van der Waals surface area (Å²) in [6.45, 7) is 4.35. The molecule has 0 radical (unpaired) electrons. The van der Waals surface area contributed by atoms with E-state index in [0.717, 1.165) is 32.1 Å². The van der Waals surface area contributed by atoms with Crippen molar-refractivity contribution < 1.29 is 0 Å². The molecule has 0 fully saturated rings. The van der Waals surface area contributed by atoms with Gasteiger partial charge in [0.15, 0.2) is 0 Å². The summed E-state index contributed by atoms with van der Waals surface area (Å²) >= 11 is 0. The topological polar surface area (TPSA) is 0 Å². The van der Waals surface area contributed by atoms with Crippen molar-refractivity contribution >= 4 is 11.6 Å². The second-order valence-corrected chi connectivity index (χ2v) is 20.5. The standard InChI is InChI=1S/C72H60/c1-49-21-29-58(30-22-49)66-40-37-57-17-9-11-19-64(57)71-46-60(38-41-67(66)71)63(43-51-13-5-3-6-14-51)44-52-25-33-54(34-26-52)55-35-27-53(28-36-55)45-69(56-15-7-4-8-16-56)62-39-42-68-70(59-31-23-50(2)24-32-59)47-61-18-10-12-20-65(61)72(68)48-62/h3-36,38-39,41-43,46,48,66,69-70H,37,40,44-45,47H2,1-2H3/b63-43-. The zero-order valence-electron chi connectivity index (χ0n) is 41.4. The van der Waals surface area contributed by atoms with Crippen molar-refractivity contribution in [2.75, 3.05) is 0 Å². The second-order valence-electron chi connectivity index (χ2n) is 20.5. The molecular formula is C72H60. The summed E-state index contributed by atoms with van der Waals surface area (Å²) in [5, 5.41) is 0. The van der Waals surface area contributed by atoms with Crippen molar-refractivity contribution in [1.29, 1.82) is 0 Å². The number of aryl methyl sites for hydroxylation is 3. The van der Waals surface area contributed by atoms with E-state index in [4.69, 9.17) is 0 Å². The van der Waals surface area contributed by atoms with Crippen LogP contribution in [0.2, 0.25) is 0 Å². The number of benzene rings is 10. The van der Waals surface area contributed by atoms with Crippen molar-refractivity contribution in [3.05, 3.63) is 321 Å². The lowest BCUT2D eigenvalue weighted by atomic mass is 9.74. The first kappa shape index (κ1) is 45.1. The first-order valence-corrected chi connectivity index (χ1v) is 26.0. The van der Waals surface area contributed by atoms with Crippen LogP contribution in [-0.2, 0) is 25.7 Å². The maximum absolute atomic E-state index is 2.51. The molecule has 348 valence electrons. The van der Waals surface area contributed by atoms with Crippen LogP contribution >= 0.6 is 0 Å². The largest absolute Gasteiger partial charge is 0.0622 e. The van der Waals surface area contributed by atoms with E-state index in [9.17, 15) is 0 Å². The highest BCUT2D eigenvalue weighted by Crippen LogP contribution is 2.46. The number of allylic oxidation sites excluding steroid dienone is 1. The van der Waals surface area contributed by atoms with Gasteiger partial charge >= 0.3 is 0 Å². The third-order valence-corrected chi connectivity index (χ3v) is 15.8. The summed E-state index contributed by atoms with van der Waals surface area (Å²) in [7, 11) is 0. The molecule has 0 aromatic heterocycles. The van der Waals surface area contributed by atoms with Gasteiger partial charge in [0.05, 0.1) is 0 Å². The summed E-state index contributed by atoms with van der Waals surface area (Å²) < 4.78 is 0. The molecular weight excluding hydrogens is 865 g/mol. The highest BCUT2D eigenvalue weighted by Gasteiger charge is 2.28. The normalized spacial score (nSPS) is 15.3. The van der Waals surface area contributed by atoms with Gasteiger partial charge in [-0.15, -0.1) is 0 Å². The van der Waals surface area contributed by atoms with Crippen LogP contribution in [0.5, 0.6) is 0 Å². The van der Waals surface area contributed by atoms with E-state index < -0.39 is 0 Å². The number of hydrogen-bond acceptors (Lipinski definition) is 0. The van der Waals surface area contributed by atoms with Crippen LogP contribution in [0, 0.1) is 13.8 Å². The molecule has 0 aliphatic heterocycles. The molecule has 0 heteroatoms. The minimum Gasteiger partial charge on any atom is -0.0622 e. The molecule has 3 atom stereocenters. The van der Waals surface area contributed by atoms with Crippen LogP contribution < -0.4 is 0 Å². The summed E-state index contributed by atoms with van der Waals surface area (Å²) in [5.41, 5.74) is 28.2. The molecule has 10 aromatic carbocycles. The first-order valence-electron chi connectivity index (χ1n) is 26.0. The van der Waals surface area contributed by atoms with Gasteiger partial charge in [-0.1, -0.05) is 254 Å². The fourth-order valence-electron chi connectivity index (χ4n) is 11.8. The van der Waals surface area contributed by atoms with Gasteiger partial charge in [0.1, 0.15) is 0 Å². The van der Waals surface area contributed by atoms with Gasteiger partial charge in [-0.2, -0.15) is 0 Å². The minimum atomic E-state index is 0.218. The Morgan fingerprint density at radius 1 is 0.444 bits per heavy atom. The SMILES string of the molecule is Cc1ccc(C2CCc3ccccc3-c3cc(/C(=C\c4ccccc4)Cc4ccc(-c5ccc(CC(c6ccccc6)c6ccc7c(c6)-c6ccccc6CC7c6ccc(C)cc6)cc5)cc4)ccc32)cc1. The second kappa shape index (κ2) is 20.0. The summed E-state index contributed by atoms with van der Waals surface area (Å²) in [6.07, 6.45) is 7.33. The lowest BCUT2D eigenvalue weighted by molar-refractivity contribution is 0.725. The van der Waals surface area contributed by atoms with Crippen molar-refractivity contribution in [1.82, 2.24) is 0 Å². The zero-order chi connectivity index (χ0) is 48.4. The molecule has 0 saturated heterocycles. The molecule has 0 nitrogen and oxygen atoms in total. The molecule has 0 N–H and O–H groups in total. The Bertz CT molecular complexity index is 3520. The Kier molecular flexibility index (Phi) is 12.5. The third kappa shape index (κ3) is 9.34. The van der Waals surface area contributed by atoms with Crippen LogP contribution in [0.3, 0.4) is 0 Å². The van der Waals surface area contributed by atoms with Gasteiger partial charge in [-0.25, -0.2) is 0 Å². The van der Waals surface area contributed by atoms with Crippen LogP contribution in [0.4, 0.5) is 0 Å². The van der Waals surface area contributed by atoms with Crippen LogP contribution in [0.25, 0.3) is 45.0 Å². The Morgan fingerprint density at radius 3 is 1.67 bits per heavy atom.